The maximum atomic E-state index is 13.0. The molecule has 4 nitrogen and oxygen atoms in total. The van der Waals surface area contributed by atoms with Crippen LogP contribution in [0.3, 0.4) is 0 Å². The smallest absolute Gasteiger partial charge is 0.408 e. The summed E-state index contributed by atoms with van der Waals surface area (Å²) in [5.41, 5.74) is -0.521. The van der Waals surface area contributed by atoms with Gasteiger partial charge in [0, 0.05) is 5.54 Å². The van der Waals surface area contributed by atoms with Crippen molar-refractivity contribution >= 4 is 20.0 Å². The SMILES string of the molecule is CCC[C@H](C(=O)[C@H](C)NC(=O)OC(C)(C)C)[Si](C)(C)C(C)(C)C. The monoisotopic (exact) mass is 343 g/mol. The van der Waals surface area contributed by atoms with E-state index >= 15 is 0 Å². The van der Waals surface area contributed by atoms with Gasteiger partial charge >= 0.3 is 6.09 Å². The van der Waals surface area contributed by atoms with Gasteiger partial charge in [0.1, 0.15) is 5.60 Å². The molecule has 0 aliphatic heterocycles. The number of rotatable bonds is 6. The highest BCUT2D eigenvalue weighted by atomic mass is 28.3. The van der Waals surface area contributed by atoms with Crippen molar-refractivity contribution in [1.82, 2.24) is 5.32 Å². The maximum Gasteiger partial charge on any atom is 0.408 e. The molecule has 0 unspecified atom stereocenters. The van der Waals surface area contributed by atoms with Crippen molar-refractivity contribution in [3.63, 3.8) is 0 Å². The summed E-state index contributed by atoms with van der Waals surface area (Å²) >= 11 is 0. The summed E-state index contributed by atoms with van der Waals surface area (Å²) in [4.78, 5) is 24.9. The molecule has 0 spiro atoms. The van der Waals surface area contributed by atoms with Gasteiger partial charge in [0.25, 0.3) is 0 Å². The number of carbonyl (C=O) groups excluding carboxylic acids is 2. The van der Waals surface area contributed by atoms with Crippen LogP contribution >= 0.6 is 0 Å². The maximum absolute atomic E-state index is 13.0. The van der Waals surface area contributed by atoms with Gasteiger partial charge in [0.15, 0.2) is 5.78 Å². The van der Waals surface area contributed by atoms with Gasteiger partial charge < -0.3 is 10.1 Å². The number of hydrogen-bond acceptors (Lipinski definition) is 3. The van der Waals surface area contributed by atoms with Gasteiger partial charge in [-0.1, -0.05) is 47.2 Å². The topological polar surface area (TPSA) is 55.4 Å². The van der Waals surface area contributed by atoms with Gasteiger partial charge in [-0.25, -0.2) is 4.79 Å². The summed E-state index contributed by atoms with van der Waals surface area (Å²) in [7, 11) is -1.82. The first-order chi connectivity index (χ1) is 10.1. The first-order valence-corrected chi connectivity index (χ1v) is 11.7. The Bertz CT molecular complexity index is 419. The van der Waals surface area contributed by atoms with Gasteiger partial charge in [0.2, 0.25) is 0 Å². The predicted molar refractivity (Wildman–Crippen MR) is 99.7 cm³/mol. The second-order valence-corrected chi connectivity index (χ2v) is 14.7. The highest BCUT2D eigenvalue weighted by Crippen LogP contribution is 2.46. The van der Waals surface area contributed by atoms with Gasteiger partial charge in [-0.2, -0.15) is 0 Å². The first kappa shape index (κ1) is 22.2. The van der Waals surface area contributed by atoms with Crippen LogP contribution in [0.15, 0.2) is 0 Å². The summed E-state index contributed by atoms with van der Waals surface area (Å²) in [6.07, 6.45) is 1.33. The minimum Gasteiger partial charge on any atom is -0.444 e. The van der Waals surface area contributed by atoms with Crippen molar-refractivity contribution in [2.45, 2.75) is 104 Å². The van der Waals surface area contributed by atoms with E-state index in [9.17, 15) is 9.59 Å². The fraction of sp³-hybridized carbons (Fsp3) is 0.889. The van der Waals surface area contributed by atoms with Crippen LogP contribution in [0, 0.1) is 0 Å². The molecule has 0 radical (unpaired) electrons. The largest absolute Gasteiger partial charge is 0.444 e. The quantitative estimate of drug-likeness (QED) is 0.679. The Balaban J connectivity index is 5.15. The molecule has 136 valence electrons. The molecule has 2 atom stereocenters. The summed E-state index contributed by atoms with van der Waals surface area (Å²) < 4.78 is 5.26. The number of nitrogens with one attached hydrogen (secondary N) is 1. The number of alkyl carbamates (subject to hydrolysis) is 1. The Morgan fingerprint density at radius 1 is 1.09 bits per heavy atom. The van der Waals surface area contributed by atoms with E-state index in [1.54, 1.807) is 6.92 Å². The number of hydrogen-bond donors (Lipinski definition) is 1. The van der Waals surface area contributed by atoms with Gasteiger partial charge in [0.05, 0.1) is 14.1 Å². The second kappa shape index (κ2) is 7.82. The zero-order valence-electron chi connectivity index (χ0n) is 16.8. The average Bonchev–Trinajstić information content (AvgIpc) is 2.30. The van der Waals surface area contributed by atoms with Crippen molar-refractivity contribution in [1.29, 1.82) is 0 Å². The summed E-state index contributed by atoms with van der Waals surface area (Å²) in [6.45, 7) is 20.6. The normalized spacial score (nSPS) is 15.7. The van der Waals surface area contributed by atoms with Crippen LogP contribution in [0.25, 0.3) is 0 Å². The molecule has 0 fully saturated rings. The van der Waals surface area contributed by atoms with E-state index in [2.05, 4.69) is 46.1 Å². The van der Waals surface area contributed by atoms with Crippen LogP contribution in [0.1, 0.15) is 68.2 Å². The Hall–Kier alpha value is -0.843. The number of ether oxygens (including phenoxy) is 1. The lowest BCUT2D eigenvalue weighted by molar-refractivity contribution is -0.121. The number of ketones is 1. The Labute approximate surface area is 143 Å². The van der Waals surface area contributed by atoms with Crippen molar-refractivity contribution in [2.24, 2.45) is 0 Å². The van der Waals surface area contributed by atoms with Crippen LogP contribution in [0.2, 0.25) is 23.7 Å². The molecule has 0 saturated heterocycles. The lowest BCUT2D eigenvalue weighted by atomic mass is 10.1. The highest BCUT2D eigenvalue weighted by Gasteiger charge is 2.46. The molecule has 0 aromatic heterocycles. The fourth-order valence-corrected chi connectivity index (χ4v) is 5.54. The second-order valence-electron chi connectivity index (χ2n) is 9.08. The minimum absolute atomic E-state index is 0.0393. The Kier molecular flexibility index (Phi) is 7.53. The van der Waals surface area contributed by atoms with Gasteiger partial charge in [-0.15, -0.1) is 0 Å². The molecule has 0 aromatic rings. The van der Waals surface area contributed by atoms with Gasteiger partial charge in [-0.3, -0.25) is 4.79 Å². The number of amides is 1. The number of Topliss-reactive ketones (excluding diaryl/α,β-unsaturated/α-hetero) is 1. The third-order valence-corrected chi connectivity index (χ3v) is 11.1. The Morgan fingerprint density at radius 2 is 1.57 bits per heavy atom. The lowest BCUT2D eigenvalue weighted by Crippen LogP contribution is -2.51. The molecule has 1 amide bonds. The minimum atomic E-state index is -1.82. The van der Waals surface area contributed by atoms with E-state index < -0.39 is 25.8 Å². The summed E-state index contributed by atoms with van der Waals surface area (Å²) in [6, 6.07) is -0.518. The van der Waals surface area contributed by atoms with E-state index in [0.29, 0.717) is 0 Å². The van der Waals surface area contributed by atoms with Crippen LogP contribution in [-0.2, 0) is 9.53 Å². The first-order valence-electron chi connectivity index (χ1n) is 8.66. The van der Waals surface area contributed by atoms with Crippen LogP contribution < -0.4 is 5.32 Å². The van der Waals surface area contributed by atoms with Gasteiger partial charge in [-0.05, 0) is 39.2 Å². The standard InChI is InChI=1S/C18H37NO3Si/c1-11-12-14(23(9,10)18(6,7)8)15(20)13(2)19-16(21)22-17(3,4)5/h13-14H,11-12H2,1-10H3,(H,19,21)/t13-,14+/m0/s1. The molecule has 1 N–H and O–H groups in total. The van der Waals surface area contributed by atoms with Crippen molar-refractivity contribution in [3.8, 4) is 0 Å². The van der Waals surface area contributed by atoms with Crippen molar-refractivity contribution < 1.29 is 14.3 Å². The van der Waals surface area contributed by atoms with Crippen molar-refractivity contribution in [3.05, 3.63) is 0 Å². The zero-order valence-corrected chi connectivity index (χ0v) is 17.8. The molecular weight excluding hydrogens is 306 g/mol. The van der Waals surface area contributed by atoms with E-state index in [1.165, 1.54) is 0 Å². The predicted octanol–water partition coefficient (Wildman–Crippen LogP) is 5.15. The molecule has 0 aliphatic rings. The van der Waals surface area contributed by atoms with Crippen LogP contribution in [-0.4, -0.2) is 31.6 Å². The molecule has 0 rings (SSSR count). The summed E-state index contributed by atoms with van der Waals surface area (Å²) in [5, 5.41) is 2.84. The lowest BCUT2D eigenvalue weighted by Gasteiger charge is -2.43. The Morgan fingerprint density at radius 3 is 1.91 bits per heavy atom. The third-order valence-electron chi connectivity index (χ3n) is 4.88. The van der Waals surface area contributed by atoms with E-state index in [1.807, 2.05) is 20.8 Å². The fourth-order valence-electron chi connectivity index (χ4n) is 2.53. The molecule has 5 heteroatoms. The molecule has 0 saturated carbocycles. The van der Waals surface area contributed by atoms with Crippen LogP contribution in [0.5, 0.6) is 0 Å². The highest BCUT2D eigenvalue weighted by molar-refractivity contribution is 6.84. The zero-order chi connectivity index (χ0) is 18.6. The molecule has 0 heterocycles. The van der Waals surface area contributed by atoms with Crippen molar-refractivity contribution in [2.75, 3.05) is 0 Å². The molecule has 23 heavy (non-hydrogen) atoms. The molecule has 0 aromatic carbocycles. The van der Waals surface area contributed by atoms with Crippen LogP contribution in [0.4, 0.5) is 4.79 Å². The van der Waals surface area contributed by atoms with E-state index in [0.717, 1.165) is 12.8 Å². The molecule has 0 bridgehead atoms. The summed E-state index contributed by atoms with van der Waals surface area (Å²) in [5.74, 6) is 0.143. The molecular formula is C18H37NO3Si. The molecule has 0 aliphatic carbocycles. The van der Waals surface area contributed by atoms with E-state index in [4.69, 9.17) is 4.74 Å². The van der Waals surface area contributed by atoms with E-state index in [-0.39, 0.29) is 16.4 Å². The number of carbonyl (C=O) groups is 2. The third kappa shape index (κ3) is 6.65. The average molecular weight is 344 g/mol.